The van der Waals surface area contributed by atoms with E-state index in [1.54, 1.807) is 19.9 Å². The van der Waals surface area contributed by atoms with Gasteiger partial charge in [-0.2, -0.15) is 0 Å². The molecule has 0 unspecified atom stereocenters. The number of ether oxygens (including phenoxy) is 4. The average molecular weight is 617 g/mol. The van der Waals surface area contributed by atoms with Crippen LogP contribution in [0.2, 0.25) is 13.3 Å². The van der Waals surface area contributed by atoms with Gasteiger partial charge >= 0.3 is 224 Å². The molecule has 8 heteroatoms. The maximum absolute atomic E-state index is 13.2. The van der Waals surface area contributed by atoms with Crippen LogP contribution in [0.3, 0.4) is 0 Å². The molecule has 0 bridgehead atoms. The molecule has 0 spiro atoms. The first-order valence-corrected chi connectivity index (χ1v) is 20.9. The normalized spacial score (nSPS) is 12.1. The average Bonchev–Trinajstić information content (AvgIpc) is 2.88. The van der Waals surface area contributed by atoms with Crippen molar-refractivity contribution in [2.75, 3.05) is 27.4 Å². The van der Waals surface area contributed by atoms with E-state index in [4.69, 9.17) is 18.9 Å². The molecule has 0 saturated heterocycles. The van der Waals surface area contributed by atoms with Crippen LogP contribution in [0, 0.1) is 5.41 Å². The molecular weight excluding hydrogens is 567 g/mol. The zero-order valence-electron chi connectivity index (χ0n) is 23.8. The Bertz CT molecular complexity index is 692. The summed E-state index contributed by atoms with van der Waals surface area (Å²) in [7, 11) is 2.59. The van der Waals surface area contributed by atoms with Crippen molar-refractivity contribution in [2.45, 2.75) is 99.3 Å². The molecule has 0 aromatic rings. The fourth-order valence-corrected chi connectivity index (χ4v) is 20.5. The molecule has 0 atom stereocenters. The van der Waals surface area contributed by atoms with Gasteiger partial charge < -0.3 is 0 Å². The van der Waals surface area contributed by atoms with Crippen LogP contribution in [0.5, 0.6) is 0 Å². The molecule has 7 nitrogen and oxygen atoms in total. The summed E-state index contributed by atoms with van der Waals surface area (Å²) in [6.07, 6.45) is 8.11. The fourth-order valence-electron chi connectivity index (χ4n) is 4.60. The summed E-state index contributed by atoms with van der Waals surface area (Å²) < 4.78 is 24.9. The third-order valence-electron chi connectivity index (χ3n) is 6.92. The Morgan fingerprint density at radius 1 is 0.833 bits per heavy atom. The predicted octanol–water partition coefficient (Wildman–Crippen LogP) is 7.16. The van der Waals surface area contributed by atoms with Crippen LogP contribution in [-0.2, 0) is 28.5 Å². The van der Waals surface area contributed by atoms with Gasteiger partial charge in [0.25, 0.3) is 0 Å². The Hall–Kier alpha value is -1.51. The van der Waals surface area contributed by atoms with Gasteiger partial charge in [-0.3, -0.25) is 0 Å². The van der Waals surface area contributed by atoms with Crippen LogP contribution < -0.4 is 0 Å². The molecule has 0 amide bonds. The molecule has 0 aliphatic carbocycles. The van der Waals surface area contributed by atoms with E-state index in [1.807, 2.05) is 0 Å². The number of carbonyl (C=O) groups excluding carboxylic acids is 3. The molecule has 0 fully saturated rings. The van der Waals surface area contributed by atoms with E-state index in [9.17, 15) is 14.4 Å². The van der Waals surface area contributed by atoms with Crippen molar-refractivity contribution in [3.8, 4) is 0 Å². The number of hydrogen-bond acceptors (Lipinski definition) is 7. The molecule has 0 aromatic carbocycles. The zero-order chi connectivity index (χ0) is 27.6. The monoisotopic (exact) mass is 618 g/mol. The van der Waals surface area contributed by atoms with Gasteiger partial charge in [0.2, 0.25) is 0 Å². The minimum atomic E-state index is -2.95. The zero-order valence-corrected chi connectivity index (χ0v) is 26.7. The molecule has 36 heavy (non-hydrogen) atoms. The van der Waals surface area contributed by atoms with Crippen molar-refractivity contribution in [1.82, 2.24) is 0 Å². The Labute approximate surface area is 223 Å². The quantitative estimate of drug-likeness (QED) is 0.0500. The molecule has 0 rings (SSSR count). The Kier molecular flexibility index (Phi) is 17.9. The Balaban J connectivity index is 6.26. The van der Waals surface area contributed by atoms with Crippen LogP contribution in [0.15, 0.2) is 21.8 Å². The molecule has 0 aliphatic heterocycles. The fraction of sp³-hybridized carbons (Fsp3) is 0.750. The van der Waals surface area contributed by atoms with Gasteiger partial charge in [0.05, 0.1) is 0 Å². The van der Waals surface area contributed by atoms with E-state index in [0.717, 1.165) is 42.1 Å². The molecular formula is C28H50O7Sn. The number of rotatable bonds is 19. The van der Waals surface area contributed by atoms with Gasteiger partial charge in [-0.25, -0.2) is 0 Å². The summed E-state index contributed by atoms with van der Waals surface area (Å²) in [6.45, 7) is 14.9. The van der Waals surface area contributed by atoms with Crippen molar-refractivity contribution >= 4 is 36.5 Å². The minimum absolute atomic E-state index is 0.00483. The van der Waals surface area contributed by atoms with Crippen LogP contribution in [0.4, 0.5) is 4.79 Å². The van der Waals surface area contributed by atoms with Gasteiger partial charge in [0.1, 0.15) is 0 Å². The van der Waals surface area contributed by atoms with Gasteiger partial charge in [0, 0.05) is 0 Å². The second kappa shape index (κ2) is 18.7. The SMILES string of the molecule is C=[C](CC(C/C=C(/C)COC(=O)OCC)(C(=O)OC)C(=O)OC)[Sn]([CH2]CCC)([CH2]CCC)[CH2]CCC. The molecule has 208 valence electrons. The summed E-state index contributed by atoms with van der Waals surface area (Å²) in [6, 6.07) is 0. The second-order valence-electron chi connectivity index (χ2n) is 9.66. The van der Waals surface area contributed by atoms with E-state index in [0.29, 0.717) is 5.57 Å². The number of esters is 2. The van der Waals surface area contributed by atoms with Gasteiger partial charge in [0.15, 0.2) is 0 Å². The van der Waals surface area contributed by atoms with Crippen LogP contribution in [0.1, 0.15) is 86.0 Å². The van der Waals surface area contributed by atoms with Crippen LogP contribution in [-0.4, -0.2) is 63.9 Å². The standard InChI is InChI=1S/C16H23O7.3C4H9.Sn/c1-6-9-16(13(17)20-4,14(18)21-5)10-8-12(3)11-23-15(19)22-7-2;3*1-3-4-2;/h8H,1,7,9-11H2,2-5H3;3*1,3-4H2,2H3;/b12-8-;;;;. The van der Waals surface area contributed by atoms with E-state index < -0.39 is 41.9 Å². The van der Waals surface area contributed by atoms with Crippen molar-refractivity contribution in [2.24, 2.45) is 5.41 Å². The molecule has 0 N–H and O–H groups in total. The number of hydrogen-bond donors (Lipinski definition) is 0. The van der Waals surface area contributed by atoms with E-state index >= 15 is 0 Å². The first-order valence-electron chi connectivity index (χ1n) is 13.4. The van der Waals surface area contributed by atoms with Gasteiger partial charge in [-0.15, -0.1) is 0 Å². The molecule has 0 saturated carbocycles. The Morgan fingerprint density at radius 2 is 1.31 bits per heavy atom. The molecule has 0 aromatic heterocycles. The van der Waals surface area contributed by atoms with E-state index in [1.165, 1.54) is 27.5 Å². The number of allylic oxidation sites excluding steroid dienone is 2. The third kappa shape index (κ3) is 10.8. The second-order valence-corrected chi connectivity index (χ2v) is 23.3. The summed E-state index contributed by atoms with van der Waals surface area (Å²) in [5, 5.41) is 0. The number of unbranched alkanes of at least 4 members (excludes halogenated alkanes) is 3. The summed E-state index contributed by atoms with van der Waals surface area (Å²) in [5.41, 5.74) is -0.818. The first-order chi connectivity index (χ1) is 17.1. The number of methoxy groups -OCH3 is 2. The summed E-state index contributed by atoms with van der Waals surface area (Å²) in [5.74, 6) is -1.24. The molecule has 0 aliphatic rings. The number of carbonyl (C=O) groups is 3. The molecule has 0 radical (unpaired) electrons. The van der Waals surface area contributed by atoms with E-state index in [2.05, 4.69) is 27.4 Å². The molecule has 0 heterocycles. The van der Waals surface area contributed by atoms with Crippen molar-refractivity contribution in [3.05, 3.63) is 21.8 Å². The van der Waals surface area contributed by atoms with Crippen molar-refractivity contribution < 1.29 is 33.3 Å². The summed E-state index contributed by atoms with van der Waals surface area (Å²) in [4.78, 5) is 38.0. The van der Waals surface area contributed by atoms with Gasteiger partial charge in [-0.05, 0) is 0 Å². The van der Waals surface area contributed by atoms with Crippen LogP contribution in [0.25, 0.3) is 0 Å². The first kappa shape index (κ1) is 34.5. The third-order valence-corrected chi connectivity index (χ3v) is 22.9. The summed E-state index contributed by atoms with van der Waals surface area (Å²) >= 11 is -2.95. The van der Waals surface area contributed by atoms with Gasteiger partial charge in [-0.1, -0.05) is 0 Å². The predicted molar refractivity (Wildman–Crippen MR) is 146 cm³/mol. The van der Waals surface area contributed by atoms with Crippen molar-refractivity contribution in [3.63, 3.8) is 0 Å². The Morgan fingerprint density at radius 3 is 1.69 bits per heavy atom. The van der Waals surface area contributed by atoms with E-state index in [-0.39, 0.29) is 26.1 Å². The van der Waals surface area contributed by atoms with Crippen LogP contribution >= 0.6 is 0 Å². The van der Waals surface area contributed by atoms with Crippen molar-refractivity contribution in [1.29, 1.82) is 0 Å². The maximum atomic E-state index is 13.2. The topological polar surface area (TPSA) is 88.1 Å².